The number of hydrogen-bond acceptors (Lipinski definition) is 6. The molecule has 1 aromatic rings. The molecule has 1 rings (SSSR count). The largest absolute Gasteiger partial charge is 0.466 e. The lowest BCUT2D eigenvalue weighted by Gasteiger charge is -2.16. The molecule has 0 aliphatic heterocycles. The molecular formula is C14H18N2O5. The van der Waals surface area contributed by atoms with Crippen LogP contribution in [0.4, 0.5) is 5.69 Å². The Kier molecular flexibility index (Phi) is 6.51. The van der Waals surface area contributed by atoms with E-state index in [2.05, 4.69) is 0 Å². The number of ether oxygens (including phenoxy) is 1. The van der Waals surface area contributed by atoms with Crippen molar-refractivity contribution in [1.82, 2.24) is 4.90 Å². The first-order chi connectivity index (χ1) is 9.97. The van der Waals surface area contributed by atoms with Crippen LogP contribution in [0.1, 0.15) is 5.56 Å². The number of benzene rings is 1. The van der Waals surface area contributed by atoms with Gasteiger partial charge in [0.05, 0.1) is 24.2 Å². The van der Waals surface area contributed by atoms with Crippen molar-refractivity contribution >= 4 is 17.7 Å². The predicted octanol–water partition coefficient (Wildman–Crippen LogP) is 1.08. The number of esters is 1. The number of non-ortho nitro benzene ring substituents is 1. The number of hydrogen-bond donors (Lipinski definition) is 1. The fourth-order valence-electron chi connectivity index (χ4n) is 1.73. The van der Waals surface area contributed by atoms with Crippen molar-refractivity contribution in [2.45, 2.75) is 0 Å². The van der Waals surface area contributed by atoms with E-state index in [4.69, 9.17) is 9.84 Å². The number of carbonyl (C=O) groups excluding carboxylic acids is 1. The predicted molar refractivity (Wildman–Crippen MR) is 77.7 cm³/mol. The zero-order valence-electron chi connectivity index (χ0n) is 12.0. The molecule has 1 aromatic carbocycles. The molecule has 0 spiro atoms. The Hall–Kier alpha value is -2.25. The van der Waals surface area contributed by atoms with Crippen LogP contribution in [0.25, 0.3) is 6.08 Å². The Morgan fingerprint density at radius 1 is 1.43 bits per heavy atom. The third-order valence-electron chi connectivity index (χ3n) is 2.81. The van der Waals surface area contributed by atoms with Crippen molar-refractivity contribution in [2.75, 3.05) is 33.9 Å². The summed E-state index contributed by atoms with van der Waals surface area (Å²) in [7, 11) is 3.06. The number of aliphatic hydroxyl groups is 1. The van der Waals surface area contributed by atoms with Gasteiger partial charge in [-0.3, -0.25) is 15.0 Å². The van der Waals surface area contributed by atoms with E-state index in [1.807, 2.05) is 0 Å². The highest BCUT2D eigenvalue weighted by Gasteiger charge is 2.13. The van der Waals surface area contributed by atoms with Gasteiger partial charge in [-0.1, -0.05) is 0 Å². The zero-order valence-corrected chi connectivity index (χ0v) is 12.0. The van der Waals surface area contributed by atoms with Gasteiger partial charge < -0.3 is 9.84 Å². The van der Waals surface area contributed by atoms with E-state index in [1.54, 1.807) is 30.2 Å². The molecule has 7 heteroatoms. The van der Waals surface area contributed by atoms with Gasteiger partial charge >= 0.3 is 5.97 Å². The molecule has 0 aliphatic rings. The first-order valence-corrected chi connectivity index (χ1v) is 6.30. The van der Waals surface area contributed by atoms with Crippen molar-refractivity contribution in [3.63, 3.8) is 0 Å². The summed E-state index contributed by atoms with van der Waals surface area (Å²) in [5, 5.41) is 19.5. The Labute approximate surface area is 122 Å². The second-order valence-corrected chi connectivity index (χ2v) is 4.47. The van der Waals surface area contributed by atoms with E-state index in [1.165, 1.54) is 19.2 Å². The molecular weight excluding hydrogens is 276 g/mol. The van der Waals surface area contributed by atoms with E-state index >= 15 is 0 Å². The number of nitro groups is 1. The molecule has 0 heterocycles. The smallest absolute Gasteiger partial charge is 0.335 e. The normalized spacial score (nSPS) is 11.5. The summed E-state index contributed by atoms with van der Waals surface area (Å²) >= 11 is 0. The SMILES string of the molecule is COC(=O)/C(=C\c1ccc([N+](=O)[O-])cc1)CN(C)CCO. The molecule has 114 valence electrons. The minimum Gasteiger partial charge on any atom is -0.466 e. The molecule has 21 heavy (non-hydrogen) atoms. The summed E-state index contributed by atoms with van der Waals surface area (Å²) in [4.78, 5) is 23.6. The van der Waals surface area contributed by atoms with Gasteiger partial charge in [0.2, 0.25) is 0 Å². The molecule has 0 saturated carbocycles. The van der Waals surface area contributed by atoms with Gasteiger partial charge in [0, 0.05) is 25.2 Å². The highest BCUT2D eigenvalue weighted by molar-refractivity contribution is 5.94. The molecule has 0 radical (unpaired) electrons. The maximum absolute atomic E-state index is 11.7. The highest BCUT2D eigenvalue weighted by Crippen LogP contribution is 2.15. The summed E-state index contributed by atoms with van der Waals surface area (Å²) in [5.41, 5.74) is 1.06. The van der Waals surface area contributed by atoms with Gasteiger partial charge in [0.15, 0.2) is 0 Å². The van der Waals surface area contributed by atoms with Gasteiger partial charge in [-0.2, -0.15) is 0 Å². The van der Waals surface area contributed by atoms with Gasteiger partial charge in [0.1, 0.15) is 0 Å². The summed E-state index contributed by atoms with van der Waals surface area (Å²) in [6.45, 7) is 0.724. The molecule has 0 unspecified atom stereocenters. The Morgan fingerprint density at radius 3 is 2.52 bits per heavy atom. The average Bonchev–Trinajstić information content (AvgIpc) is 2.46. The van der Waals surface area contributed by atoms with Crippen molar-refractivity contribution in [1.29, 1.82) is 0 Å². The summed E-state index contributed by atoms with van der Waals surface area (Å²) in [6, 6.07) is 5.87. The molecule has 0 aliphatic carbocycles. The van der Waals surface area contributed by atoms with Crippen molar-refractivity contribution in [3.05, 3.63) is 45.5 Å². The van der Waals surface area contributed by atoms with Gasteiger partial charge in [-0.25, -0.2) is 4.79 Å². The van der Waals surface area contributed by atoms with E-state index in [9.17, 15) is 14.9 Å². The highest BCUT2D eigenvalue weighted by atomic mass is 16.6. The Bertz CT molecular complexity index is 525. The van der Waals surface area contributed by atoms with E-state index in [0.29, 0.717) is 24.2 Å². The minimum atomic E-state index is -0.482. The molecule has 1 N–H and O–H groups in total. The number of likely N-dealkylation sites (N-methyl/N-ethyl adjacent to an activating group) is 1. The lowest BCUT2D eigenvalue weighted by Crippen LogP contribution is -2.27. The summed E-state index contributed by atoms with van der Waals surface area (Å²) in [6.07, 6.45) is 1.61. The van der Waals surface area contributed by atoms with Crippen LogP contribution < -0.4 is 0 Å². The van der Waals surface area contributed by atoms with Gasteiger partial charge in [0.25, 0.3) is 5.69 Å². The average molecular weight is 294 g/mol. The fourth-order valence-corrected chi connectivity index (χ4v) is 1.73. The zero-order chi connectivity index (χ0) is 15.8. The topological polar surface area (TPSA) is 92.9 Å². The molecule has 0 bridgehead atoms. The van der Waals surface area contributed by atoms with Crippen molar-refractivity contribution in [2.24, 2.45) is 0 Å². The molecule has 0 amide bonds. The standard InChI is InChI=1S/C14H18N2O5/c1-15(7-8-17)10-12(14(18)21-2)9-11-3-5-13(6-4-11)16(19)20/h3-6,9,17H,7-8,10H2,1-2H3/b12-9-. The third kappa shape index (κ3) is 5.33. The second-order valence-electron chi connectivity index (χ2n) is 4.47. The van der Waals surface area contributed by atoms with Crippen LogP contribution >= 0.6 is 0 Å². The van der Waals surface area contributed by atoms with Gasteiger partial charge in [-0.15, -0.1) is 0 Å². The summed E-state index contributed by atoms with van der Waals surface area (Å²) < 4.78 is 4.72. The number of aliphatic hydroxyl groups excluding tert-OH is 1. The number of carbonyl (C=O) groups is 1. The van der Waals surface area contributed by atoms with Crippen LogP contribution in [-0.2, 0) is 9.53 Å². The quantitative estimate of drug-likeness (QED) is 0.350. The van der Waals surface area contributed by atoms with E-state index < -0.39 is 10.9 Å². The lowest BCUT2D eigenvalue weighted by atomic mass is 10.1. The maximum atomic E-state index is 11.7. The van der Waals surface area contributed by atoms with Crippen LogP contribution in [0.5, 0.6) is 0 Å². The molecule has 0 aromatic heterocycles. The number of methoxy groups -OCH3 is 1. The second kappa shape index (κ2) is 8.13. The summed E-state index contributed by atoms with van der Waals surface area (Å²) in [5.74, 6) is -0.474. The van der Waals surface area contributed by atoms with Gasteiger partial charge in [-0.05, 0) is 30.8 Å². The maximum Gasteiger partial charge on any atom is 0.335 e. The Balaban J connectivity index is 2.96. The molecule has 7 nitrogen and oxygen atoms in total. The number of nitro benzene ring substituents is 1. The van der Waals surface area contributed by atoms with Crippen LogP contribution in [0.15, 0.2) is 29.8 Å². The first kappa shape index (κ1) is 16.8. The molecule has 0 atom stereocenters. The number of nitrogens with zero attached hydrogens (tertiary/aromatic N) is 2. The minimum absolute atomic E-state index is 0.0100. The monoisotopic (exact) mass is 294 g/mol. The molecule has 0 fully saturated rings. The number of rotatable bonds is 7. The van der Waals surface area contributed by atoms with Crippen LogP contribution in [-0.4, -0.2) is 54.8 Å². The van der Waals surface area contributed by atoms with Crippen LogP contribution in [0, 0.1) is 10.1 Å². The molecule has 0 saturated heterocycles. The Morgan fingerprint density at radius 2 is 2.05 bits per heavy atom. The third-order valence-corrected chi connectivity index (χ3v) is 2.81. The van der Waals surface area contributed by atoms with Crippen LogP contribution in [0.2, 0.25) is 0 Å². The van der Waals surface area contributed by atoms with Crippen molar-refractivity contribution in [3.8, 4) is 0 Å². The van der Waals surface area contributed by atoms with Crippen molar-refractivity contribution < 1.29 is 19.6 Å². The lowest BCUT2D eigenvalue weighted by molar-refractivity contribution is -0.384. The fraction of sp³-hybridized carbons (Fsp3) is 0.357. The van der Waals surface area contributed by atoms with Crippen LogP contribution in [0.3, 0.4) is 0 Å². The van der Waals surface area contributed by atoms with E-state index in [0.717, 1.165) is 0 Å². The first-order valence-electron chi connectivity index (χ1n) is 6.30. The van der Waals surface area contributed by atoms with E-state index in [-0.39, 0.29) is 12.3 Å².